The van der Waals surface area contributed by atoms with Crippen LogP contribution in [0.3, 0.4) is 0 Å². The third kappa shape index (κ3) is 2.96. The van der Waals surface area contributed by atoms with Gasteiger partial charge >= 0.3 is 0 Å². The normalized spacial score (nSPS) is 21.9. The van der Waals surface area contributed by atoms with Crippen LogP contribution in [0.2, 0.25) is 0 Å². The summed E-state index contributed by atoms with van der Waals surface area (Å²) in [6.07, 6.45) is 5.94. The molecule has 1 aromatic rings. The zero-order chi connectivity index (χ0) is 12.5. The summed E-state index contributed by atoms with van der Waals surface area (Å²) in [5.74, 6) is 0.730. The molecule has 1 unspecified atom stereocenters. The molecule has 1 aromatic heterocycles. The first-order valence-corrected chi connectivity index (χ1v) is 7.70. The molecule has 19 heavy (non-hydrogen) atoms. The number of aryl methyl sites for hydroxylation is 2. The standard InChI is InChI=1S/C14H20N2OS.ClH/c15-8-10-5-6-16(9-10)14(17)13-7-11-3-1-2-4-12(11)18-13;/h7,10H,1-6,8-9,15H2;1H. The maximum Gasteiger partial charge on any atom is 0.263 e. The van der Waals surface area contributed by atoms with E-state index in [1.807, 2.05) is 4.90 Å². The van der Waals surface area contributed by atoms with E-state index in [2.05, 4.69) is 6.07 Å². The summed E-state index contributed by atoms with van der Waals surface area (Å²) >= 11 is 1.72. The molecule has 1 aliphatic heterocycles. The molecule has 2 heterocycles. The Morgan fingerprint density at radius 3 is 2.89 bits per heavy atom. The summed E-state index contributed by atoms with van der Waals surface area (Å²) in [5.41, 5.74) is 7.10. The fourth-order valence-electron chi connectivity index (χ4n) is 2.96. The highest BCUT2D eigenvalue weighted by atomic mass is 35.5. The summed E-state index contributed by atoms with van der Waals surface area (Å²) < 4.78 is 0. The molecule has 0 radical (unpaired) electrons. The Labute approximate surface area is 124 Å². The van der Waals surface area contributed by atoms with Gasteiger partial charge in [-0.2, -0.15) is 0 Å². The highest BCUT2D eigenvalue weighted by Gasteiger charge is 2.27. The summed E-state index contributed by atoms with van der Waals surface area (Å²) in [6.45, 7) is 2.42. The Morgan fingerprint density at radius 1 is 1.42 bits per heavy atom. The fraction of sp³-hybridized carbons (Fsp3) is 0.643. The lowest BCUT2D eigenvalue weighted by Gasteiger charge is -2.14. The van der Waals surface area contributed by atoms with Crippen LogP contribution in [-0.2, 0) is 12.8 Å². The van der Waals surface area contributed by atoms with Crippen LogP contribution in [-0.4, -0.2) is 30.4 Å². The van der Waals surface area contributed by atoms with Crippen molar-refractivity contribution in [2.75, 3.05) is 19.6 Å². The van der Waals surface area contributed by atoms with Gasteiger partial charge in [0.2, 0.25) is 0 Å². The highest BCUT2D eigenvalue weighted by molar-refractivity contribution is 7.14. The van der Waals surface area contributed by atoms with Crippen molar-refractivity contribution in [3.8, 4) is 0 Å². The quantitative estimate of drug-likeness (QED) is 0.912. The molecule has 3 nitrogen and oxygen atoms in total. The van der Waals surface area contributed by atoms with Crippen molar-refractivity contribution in [1.29, 1.82) is 0 Å². The molecule has 3 rings (SSSR count). The largest absolute Gasteiger partial charge is 0.338 e. The van der Waals surface area contributed by atoms with Crippen LogP contribution in [0.5, 0.6) is 0 Å². The minimum atomic E-state index is 0. The zero-order valence-electron chi connectivity index (χ0n) is 11.1. The summed E-state index contributed by atoms with van der Waals surface area (Å²) in [5, 5.41) is 0. The minimum absolute atomic E-state index is 0. The van der Waals surface area contributed by atoms with Gasteiger partial charge in [0.15, 0.2) is 0 Å². The molecule has 0 spiro atoms. The van der Waals surface area contributed by atoms with Crippen molar-refractivity contribution in [2.24, 2.45) is 11.7 Å². The molecule has 1 atom stereocenters. The number of nitrogens with zero attached hydrogens (tertiary/aromatic N) is 1. The first-order chi connectivity index (χ1) is 8.78. The Kier molecular flexibility index (Phi) is 4.87. The predicted molar refractivity (Wildman–Crippen MR) is 81.3 cm³/mol. The fourth-order valence-corrected chi connectivity index (χ4v) is 4.18. The topological polar surface area (TPSA) is 46.3 Å². The number of rotatable bonds is 2. The van der Waals surface area contributed by atoms with Crippen molar-refractivity contribution >= 4 is 29.7 Å². The van der Waals surface area contributed by atoms with Crippen LogP contribution in [0.15, 0.2) is 6.07 Å². The van der Waals surface area contributed by atoms with Gasteiger partial charge in [0.05, 0.1) is 4.88 Å². The number of nitrogens with two attached hydrogens (primary N) is 1. The van der Waals surface area contributed by atoms with E-state index in [1.54, 1.807) is 11.3 Å². The van der Waals surface area contributed by atoms with Crippen LogP contribution in [0.25, 0.3) is 0 Å². The van der Waals surface area contributed by atoms with Gasteiger partial charge in [-0.3, -0.25) is 4.79 Å². The predicted octanol–water partition coefficient (Wildman–Crippen LogP) is 2.47. The third-order valence-corrected chi connectivity index (χ3v) is 5.34. The third-order valence-electron chi connectivity index (χ3n) is 4.11. The highest BCUT2D eigenvalue weighted by Crippen LogP contribution is 2.31. The number of thiophene rings is 1. The molecule has 1 saturated heterocycles. The number of hydrogen-bond donors (Lipinski definition) is 1. The van der Waals surface area contributed by atoms with Crippen molar-refractivity contribution in [2.45, 2.75) is 32.1 Å². The summed E-state index contributed by atoms with van der Waals surface area (Å²) in [7, 11) is 0. The number of amides is 1. The molecule has 1 fully saturated rings. The summed E-state index contributed by atoms with van der Waals surface area (Å²) in [4.78, 5) is 16.8. The van der Waals surface area contributed by atoms with Crippen molar-refractivity contribution in [3.05, 3.63) is 21.4 Å². The van der Waals surface area contributed by atoms with E-state index < -0.39 is 0 Å². The second-order valence-electron chi connectivity index (χ2n) is 5.41. The van der Waals surface area contributed by atoms with Gasteiger partial charge in [-0.15, -0.1) is 23.7 Å². The number of hydrogen-bond acceptors (Lipinski definition) is 3. The molecule has 2 aliphatic rings. The van der Waals surface area contributed by atoms with Crippen LogP contribution >= 0.6 is 23.7 Å². The van der Waals surface area contributed by atoms with Crippen LogP contribution in [0.1, 0.15) is 39.4 Å². The van der Waals surface area contributed by atoms with Gasteiger partial charge in [-0.05, 0) is 56.2 Å². The molecule has 2 N–H and O–H groups in total. The molecule has 1 aliphatic carbocycles. The lowest BCUT2D eigenvalue weighted by atomic mass is 9.99. The first kappa shape index (κ1) is 14.8. The molecule has 0 bridgehead atoms. The summed E-state index contributed by atoms with van der Waals surface area (Å²) in [6, 6.07) is 2.14. The van der Waals surface area contributed by atoms with Gasteiger partial charge in [0, 0.05) is 18.0 Å². The average Bonchev–Trinajstić information content (AvgIpc) is 3.04. The lowest BCUT2D eigenvalue weighted by molar-refractivity contribution is 0.0792. The number of carbonyl (C=O) groups is 1. The van der Waals surface area contributed by atoms with E-state index in [9.17, 15) is 4.79 Å². The molecule has 5 heteroatoms. The van der Waals surface area contributed by atoms with E-state index >= 15 is 0 Å². The van der Waals surface area contributed by atoms with Gasteiger partial charge in [0.1, 0.15) is 0 Å². The van der Waals surface area contributed by atoms with Crippen LogP contribution in [0.4, 0.5) is 0 Å². The number of halogens is 1. The molecular formula is C14H21ClN2OS. The van der Waals surface area contributed by atoms with Crippen molar-refractivity contribution in [3.63, 3.8) is 0 Å². The smallest absolute Gasteiger partial charge is 0.263 e. The van der Waals surface area contributed by atoms with Crippen LogP contribution < -0.4 is 5.73 Å². The van der Waals surface area contributed by atoms with Crippen LogP contribution in [0, 0.1) is 5.92 Å². The van der Waals surface area contributed by atoms with Gasteiger partial charge in [-0.1, -0.05) is 0 Å². The first-order valence-electron chi connectivity index (χ1n) is 6.89. The van der Waals surface area contributed by atoms with Crippen molar-refractivity contribution < 1.29 is 4.79 Å². The Morgan fingerprint density at radius 2 is 2.21 bits per heavy atom. The second kappa shape index (κ2) is 6.25. The number of likely N-dealkylation sites (tertiary alicyclic amines) is 1. The Hall–Kier alpha value is -0.580. The maximum absolute atomic E-state index is 12.4. The molecule has 0 aromatic carbocycles. The lowest BCUT2D eigenvalue weighted by Crippen LogP contribution is -2.29. The Bertz CT molecular complexity index is 437. The SMILES string of the molecule is Cl.NCC1CCN(C(=O)c2cc3c(s2)CCCC3)C1. The van der Waals surface area contributed by atoms with E-state index in [0.717, 1.165) is 30.8 Å². The monoisotopic (exact) mass is 300 g/mol. The molecule has 106 valence electrons. The van der Waals surface area contributed by atoms with Crippen molar-refractivity contribution in [1.82, 2.24) is 4.90 Å². The number of fused-ring (bicyclic) bond motifs is 1. The van der Waals surface area contributed by atoms with E-state index in [0.29, 0.717) is 12.5 Å². The van der Waals surface area contributed by atoms with Gasteiger partial charge in [0.25, 0.3) is 5.91 Å². The second-order valence-corrected chi connectivity index (χ2v) is 6.54. The molecule has 0 saturated carbocycles. The van der Waals surface area contributed by atoms with Gasteiger partial charge < -0.3 is 10.6 Å². The zero-order valence-corrected chi connectivity index (χ0v) is 12.7. The maximum atomic E-state index is 12.4. The van der Waals surface area contributed by atoms with E-state index in [4.69, 9.17) is 5.73 Å². The Balaban J connectivity index is 0.00000133. The number of carbonyl (C=O) groups excluding carboxylic acids is 1. The average molecular weight is 301 g/mol. The molecule has 1 amide bonds. The molecular weight excluding hydrogens is 280 g/mol. The van der Waals surface area contributed by atoms with E-state index in [-0.39, 0.29) is 18.3 Å². The minimum Gasteiger partial charge on any atom is -0.338 e. The van der Waals surface area contributed by atoms with Gasteiger partial charge in [-0.25, -0.2) is 0 Å². The van der Waals surface area contributed by atoms with E-state index in [1.165, 1.54) is 29.7 Å².